The Balaban J connectivity index is 1.64. The lowest BCUT2D eigenvalue weighted by Crippen LogP contribution is -2.25. The van der Waals surface area contributed by atoms with Gasteiger partial charge in [0.1, 0.15) is 6.29 Å². The molecule has 2 aliphatic carbocycles. The summed E-state index contributed by atoms with van der Waals surface area (Å²) in [6, 6.07) is 0. The first-order valence-electron chi connectivity index (χ1n) is 8.93. The molecule has 0 aliphatic heterocycles. The van der Waals surface area contributed by atoms with Crippen molar-refractivity contribution < 1.29 is 4.79 Å². The molecule has 0 saturated heterocycles. The Labute approximate surface area is 125 Å². The molecule has 0 amide bonds. The third-order valence-corrected chi connectivity index (χ3v) is 5.98. The Kier molecular flexibility index (Phi) is 6.82. The topological polar surface area (TPSA) is 17.1 Å². The van der Waals surface area contributed by atoms with Crippen LogP contribution in [-0.2, 0) is 4.79 Å². The van der Waals surface area contributed by atoms with Gasteiger partial charge in [-0.25, -0.2) is 0 Å². The van der Waals surface area contributed by atoms with Gasteiger partial charge < -0.3 is 0 Å². The highest BCUT2D eigenvalue weighted by Gasteiger charge is 2.30. The highest BCUT2D eigenvalue weighted by atomic mass is 16.1. The molecule has 2 fully saturated rings. The van der Waals surface area contributed by atoms with E-state index in [9.17, 15) is 4.79 Å². The maximum Gasteiger partial charge on any atom is 0.142 e. The number of carbonyl (C=O) groups is 1. The standard InChI is InChI=1S/C19H32O/c1-2-16-7-11-18(12-8-16)19-13-9-17(10-14-19)6-4-3-5-15-20/h3,5,15-19H,2,4,6-14H2,1H3/b5-3+. The second-order valence-electron chi connectivity index (χ2n) is 7.11. The van der Waals surface area contributed by atoms with Gasteiger partial charge in [-0.3, -0.25) is 4.79 Å². The van der Waals surface area contributed by atoms with Gasteiger partial charge in [0.2, 0.25) is 0 Å². The molecule has 114 valence electrons. The van der Waals surface area contributed by atoms with E-state index in [1.807, 2.05) is 6.08 Å². The minimum atomic E-state index is 0.892. The van der Waals surface area contributed by atoms with Crippen LogP contribution in [0.1, 0.15) is 77.6 Å². The third-order valence-electron chi connectivity index (χ3n) is 5.98. The number of rotatable bonds is 6. The fourth-order valence-corrected chi connectivity index (χ4v) is 4.50. The molecule has 0 aromatic rings. The van der Waals surface area contributed by atoms with Gasteiger partial charge in [0.15, 0.2) is 0 Å². The van der Waals surface area contributed by atoms with Gasteiger partial charge in [0, 0.05) is 0 Å². The van der Waals surface area contributed by atoms with Crippen LogP contribution < -0.4 is 0 Å². The van der Waals surface area contributed by atoms with Gasteiger partial charge in [-0.2, -0.15) is 0 Å². The van der Waals surface area contributed by atoms with Gasteiger partial charge in [-0.15, -0.1) is 0 Å². The van der Waals surface area contributed by atoms with Crippen molar-refractivity contribution >= 4 is 6.29 Å². The lowest BCUT2D eigenvalue weighted by Gasteiger charge is -2.37. The molecule has 0 atom stereocenters. The summed E-state index contributed by atoms with van der Waals surface area (Å²) in [6.45, 7) is 2.36. The van der Waals surface area contributed by atoms with E-state index in [1.165, 1.54) is 64.2 Å². The number of hydrogen-bond acceptors (Lipinski definition) is 1. The van der Waals surface area contributed by atoms with Crippen LogP contribution in [0.5, 0.6) is 0 Å². The average molecular weight is 276 g/mol. The van der Waals surface area contributed by atoms with E-state index in [4.69, 9.17) is 0 Å². The van der Waals surface area contributed by atoms with Crippen LogP contribution in [0.25, 0.3) is 0 Å². The smallest absolute Gasteiger partial charge is 0.142 e. The summed E-state index contributed by atoms with van der Waals surface area (Å²) in [5, 5.41) is 0. The molecule has 0 unspecified atom stereocenters. The van der Waals surface area contributed by atoms with E-state index in [2.05, 4.69) is 6.92 Å². The monoisotopic (exact) mass is 276 g/mol. The molecule has 0 aromatic carbocycles. The molecule has 2 rings (SSSR count). The Morgan fingerprint density at radius 2 is 1.40 bits per heavy atom. The van der Waals surface area contributed by atoms with Crippen molar-refractivity contribution in [2.45, 2.75) is 77.6 Å². The summed E-state index contributed by atoms with van der Waals surface area (Å²) < 4.78 is 0. The van der Waals surface area contributed by atoms with Crippen LogP contribution in [0.3, 0.4) is 0 Å². The first-order valence-corrected chi connectivity index (χ1v) is 8.93. The minimum Gasteiger partial charge on any atom is -0.299 e. The van der Waals surface area contributed by atoms with Crippen LogP contribution >= 0.6 is 0 Å². The van der Waals surface area contributed by atoms with Crippen molar-refractivity contribution in [1.29, 1.82) is 0 Å². The fourth-order valence-electron chi connectivity index (χ4n) is 4.50. The average Bonchev–Trinajstić information content (AvgIpc) is 2.52. The molecule has 2 aliphatic rings. The second-order valence-corrected chi connectivity index (χ2v) is 7.11. The Morgan fingerprint density at radius 1 is 0.850 bits per heavy atom. The zero-order valence-electron chi connectivity index (χ0n) is 13.2. The molecular weight excluding hydrogens is 244 g/mol. The van der Waals surface area contributed by atoms with E-state index in [-0.39, 0.29) is 0 Å². The molecular formula is C19H32O. The Morgan fingerprint density at radius 3 is 1.90 bits per heavy atom. The predicted molar refractivity (Wildman–Crippen MR) is 85.6 cm³/mol. The molecule has 0 spiro atoms. The van der Waals surface area contributed by atoms with Crippen LogP contribution in [0, 0.1) is 23.7 Å². The molecule has 1 nitrogen and oxygen atoms in total. The highest BCUT2D eigenvalue weighted by Crippen LogP contribution is 2.42. The summed E-state index contributed by atoms with van der Waals surface area (Å²) in [4.78, 5) is 10.2. The normalized spacial score (nSPS) is 35.2. The summed E-state index contributed by atoms with van der Waals surface area (Å²) in [6.07, 6.45) is 20.2. The molecule has 0 bridgehead atoms. The van der Waals surface area contributed by atoms with E-state index < -0.39 is 0 Å². The van der Waals surface area contributed by atoms with Crippen molar-refractivity contribution in [3.05, 3.63) is 12.2 Å². The predicted octanol–water partition coefficient (Wildman–Crippen LogP) is 5.54. The summed E-state index contributed by atoms with van der Waals surface area (Å²) in [7, 11) is 0. The largest absolute Gasteiger partial charge is 0.299 e. The first-order chi connectivity index (χ1) is 9.83. The SMILES string of the molecule is CCC1CCC(C2CCC(CC/C=C/C=O)CC2)CC1. The first kappa shape index (κ1) is 15.8. The van der Waals surface area contributed by atoms with Crippen molar-refractivity contribution in [2.75, 3.05) is 0 Å². The van der Waals surface area contributed by atoms with Gasteiger partial charge in [-0.1, -0.05) is 45.1 Å². The maximum absolute atomic E-state index is 10.2. The molecule has 0 heterocycles. The lowest BCUT2D eigenvalue weighted by molar-refractivity contribution is -0.104. The van der Waals surface area contributed by atoms with Gasteiger partial charge in [-0.05, 0) is 68.3 Å². The molecule has 0 radical (unpaired) electrons. The van der Waals surface area contributed by atoms with Crippen molar-refractivity contribution in [1.82, 2.24) is 0 Å². The molecule has 20 heavy (non-hydrogen) atoms. The van der Waals surface area contributed by atoms with Gasteiger partial charge in [0.25, 0.3) is 0 Å². The Bertz CT molecular complexity index is 291. The van der Waals surface area contributed by atoms with Crippen LogP contribution in [0.15, 0.2) is 12.2 Å². The van der Waals surface area contributed by atoms with Gasteiger partial charge in [0.05, 0.1) is 0 Å². The molecule has 2 saturated carbocycles. The zero-order valence-corrected chi connectivity index (χ0v) is 13.2. The summed E-state index contributed by atoms with van der Waals surface area (Å²) >= 11 is 0. The van der Waals surface area contributed by atoms with E-state index >= 15 is 0 Å². The lowest BCUT2D eigenvalue weighted by atomic mass is 9.68. The van der Waals surface area contributed by atoms with Crippen LogP contribution in [0.2, 0.25) is 0 Å². The molecule has 1 heteroatoms. The summed E-state index contributed by atoms with van der Waals surface area (Å²) in [5.41, 5.74) is 0. The fraction of sp³-hybridized carbons (Fsp3) is 0.842. The van der Waals surface area contributed by atoms with Crippen molar-refractivity contribution in [3.8, 4) is 0 Å². The maximum atomic E-state index is 10.2. The molecule has 0 N–H and O–H groups in total. The minimum absolute atomic E-state index is 0.892. The van der Waals surface area contributed by atoms with Crippen LogP contribution in [-0.4, -0.2) is 6.29 Å². The second kappa shape index (κ2) is 8.64. The quantitative estimate of drug-likeness (QED) is 0.459. The van der Waals surface area contributed by atoms with E-state index in [0.29, 0.717) is 0 Å². The van der Waals surface area contributed by atoms with E-state index in [0.717, 1.165) is 36.4 Å². The Hall–Kier alpha value is -0.590. The number of hydrogen-bond donors (Lipinski definition) is 0. The van der Waals surface area contributed by atoms with Crippen molar-refractivity contribution in [3.63, 3.8) is 0 Å². The summed E-state index contributed by atoms with van der Waals surface area (Å²) in [5.74, 6) is 4.05. The zero-order chi connectivity index (χ0) is 14.2. The number of allylic oxidation sites excluding steroid dienone is 2. The van der Waals surface area contributed by atoms with E-state index in [1.54, 1.807) is 6.08 Å². The number of aldehydes is 1. The third kappa shape index (κ3) is 4.75. The molecule has 0 aromatic heterocycles. The van der Waals surface area contributed by atoms with Gasteiger partial charge >= 0.3 is 0 Å². The number of carbonyl (C=O) groups excluding carboxylic acids is 1. The highest BCUT2D eigenvalue weighted by molar-refractivity contribution is 5.64. The van der Waals surface area contributed by atoms with Crippen LogP contribution in [0.4, 0.5) is 0 Å². The van der Waals surface area contributed by atoms with Crippen molar-refractivity contribution in [2.24, 2.45) is 23.7 Å².